The van der Waals surface area contributed by atoms with Crippen LogP contribution in [0.3, 0.4) is 0 Å². The highest BCUT2D eigenvalue weighted by Crippen LogP contribution is 2.30. The first-order valence-corrected chi connectivity index (χ1v) is 8.58. The lowest BCUT2D eigenvalue weighted by Crippen LogP contribution is -2.54. The number of aliphatic hydroxyl groups excluding tert-OH is 1. The van der Waals surface area contributed by atoms with Crippen molar-refractivity contribution in [3.63, 3.8) is 0 Å². The van der Waals surface area contributed by atoms with Crippen molar-refractivity contribution < 1.29 is 29.0 Å². The third-order valence-corrected chi connectivity index (χ3v) is 4.31. The van der Waals surface area contributed by atoms with Crippen molar-refractivity contribution in [2.45, 2.75) is 31.7 Å². The first-order chi connectivity index (χ1) is 13.0. The highest BCUT2D eigenvalue weighted by atomic mass is 16.5. The molecule has 2 heterocycles. The number of imide groups is 2. The molecule has 140 valence electrons. The SMILES string of the molecule is O=C1CCC(N2C(=O)c3ccc(OCC#CCCCO)cc3C2=O)C(=O)N1. The van der Waals surface area contributed by atoms with E-state index in [-0.39, 0.29) is 37.2 Å². The molecular formula is C19H18N2O6. The topological polar surface area (TPSA) is 113 Å². The molecule has 27 heavy (non-hydrogen) atoms. The van der Waals surface area contributed by atoms with Crippen molar-refractivity contribution in [1.29, 1.82) is 0 Å². The zero-order valence-corrected chi connectivity index (χ0v) is 14.5. The van der Waals surface area contributed by atoms with Crippen LogP contribution >= 0.6 is 0 Å². The van der Waals surface area contributed by atoms with E-state index in [1.807, 2.05) is 0 Å². The summed E-state index contributed by atoms with van der Waals surface area (Å²) in [6.07, 6.45) is 1.35. The highest BCUT2D eigenvalue weighted by Gasteiger charge is 2.44. The number of aliphatic hydroxyl groups is 1. The van der Waals surface area contributed by atoms with Crippen molar-refractivity contribution in [3.8, 4) is 17.6 Å². The van der Waals surface area contributed by atoms with Crippen molar-refractivity contribution >= 4 is 23.6 Å². The standard InChI is InChI=1S/C19H18N2O6/c22-9-3-1-2-4-10-27-12-5-6-13-14(11-12)19(26)21(18(13)25)15-7-8-16(23)20-17(15)24/h5-6,11,15,22H,1,3,7-10H2,(H,20,23,24). The van der Waals surface area contributed by atoms with Crippen LogP contribution in [-0.4, -0.2) is 52.9 Å². The number of hydrogen-bond donors (Lipinski definition) is 2. The zero-order chi connectivity index (χ0) is 19.4. The van der Waals surface area contributed by atoms with Gasteiger partial charge in [-0.1, -0.05) is 11.8 Å². The van der Waals surface area contributed by atoms with Crippen LogP contribution in [0.25, 0.3) is 0 Å². The van der Waals surface area contributed by atoms with Gasteiger partial charge >= 0.3 is 0 Å². The van der Waals surface area contributed by atoms with Crippen LogP contribution in [0, 0.1) is 11.8 Å². The summed E-state index contributed by atoms with van der Waals surface area (Å²) in [5.74, 6) is 3.84. The second kappa shape index (κ2) is 8.01. The Morgan fingerprint density at radius 1 is 1.15 bits per heavy atom. The summed E-state index contributed by atoms with van der Waals surface area (Å²) in [6.45, 7) is 0.198. The van der Waals surface area contributed by atoms with E-state index in [9.17, 15) is 19.2 Å². The number of nitrogens with one attached hydrogen (secondary N) is 1. The zero-order valence-electron chi connectivity index (χ0n) is 14.5. The number of fused-ring (bicyclic) bond motifs is 1. The van der Waals surface area contributed by atoms with Gasteiger partial charge in [0.05, 0.1) is 11.1 Å². The van der Waals surface area contributed by atoms with Crippen molar-refractivity contribution in [2.24, 2.45) is 0 Å². The molecule has 1 saturated heterocycles. The maximum absolute atomic E-state index is 12.7. The molecule has 4 amide bonds. The first-order valence-electron chi connectivity index (χ1n) is 8.58. The van der Waals surface area contributed by atoms with Crippen LogP contribution in [0.1, 0.15) is 46.4 Å². The number of benzene rings is 1. The number of ether oxygens (including phenoxy) is 1. The molecule has 0 radical (unpaired) electrons. The monoisotopic (exact) mass is 370 g/mol. The highest BCUT2D eigenvalue weighted by molar-refractivity contribution is 6.23. The summed E-state index contributed by atoms with van der Waals surface area (Å²) in [5, 5.41) is 10.8. The average Bonchev–Trinajstić information content (AvgIpc) is 2.89. The van der Waals surface area contributed by atoms with Crippen molar-refractivity contribution in [2.75, 3.05) is 13.2 Å². The van der Waals surface area contributed by atoms with Gasteiger partial charge in [0, 0.05) is 19.4 Å². The molecule has 1 aromatic rings. The van der Waals surface area contributed by atoms with E-state index in [0.29, 0.717) is 18.6 Å². The lowest BCUT2D eigenvalue weighted by molar-refractivity contribution is -0.136. The molecule has 0 saturated carbocycles. The van der Waals surface area contributed by atoms with Crippen LogP contribution < -0.4 is 10.1 Å². The predicted molar refractivity (Wildman–Crippen MR) is 92.7 cm³/mol. The molecule has 0 aromatic heterocycles. The molecule has 8 heteroatoms. The summed E-state index contributed by atoms with van der Waals surface area (Å²) in [5.41, 5.74) is 0.363. The van der Waals surface area contributed by atoms with Crippen LogP contribution in [0.5, 0.6) is 5.75 Å². The van der Waals surface area contributed by atoms with Crippen LogP contribution in [0.15, 0.2) is 18.2 Å². The Bertz CT molecular complexity index is 867. The van der Waals surface area contributed by atoms with Gasteiger partial charge in [-0.15, -0.1) is 0 Å². The number of hydrogen-bond acceptors (Lipinski definition) is 6. The van der Waals surface area contributed by atoms with Gasteiger partial charge in [0.2, 0.25) is 11.8 Å². The van der Waals surface area contributed by atoms with Crippen LogP contribution in [0.4, 0.5) is 0 Å². The minimum Gasteiger partial charge on any atom is -0.481 e. The summed E-state index contributed by atoms with van der Waals surface area (Å²) < 4.78 is 5.47. The number of rotatable bonds is 5. The lowest BCUT2D eigenvalue weighted by atomic mass is 10.0. The van der Waals surface area contributed by atoms with Gasteiger partial charge in [-0.05, 0) is 31.0 Å². The molecule has 0 bridgehead atoms. The molecule has 1 unspecified atom stereocenters. The molecule has 0 aliphatic carbocycles. The molecule has 1 atom stereocenters. The quantitative estimate of drug-likeness (QED) is 0.436. The fourth-order valence-corrected chi connectivity index (χ4v) is 2.97. The van der Waals surface area contributed by atoms with E-state index in [4.69, 9.17) is 9.84 Å². The Morgan fingerprint density at radius 3 is 2.67 bits per heavy atom. The van der Waals surface area contributed by atoms with Gasteiger partial charge in [-0.3, -0.25) is 29.4 Å². The molecule has 1 aromatic carbocycles. The summed E-state index contributed by atoms with van der Waals surface area (Å²) in [6, 6.07) is 3.51. The number of carbonyl (C=O) groups excluding carboxylic acids is 4. The Balaban J connectivity index is 1.71. The fourth-order valence-electron chi connectivity index (χ4n) is 2.97. The van der Waals surface area contributed by atoms with Gasteiger partial charge < -0.3 is 9.84 Å². The van der Waals surface area contributed by atoms with Gasteiger partial charge in [0.25, 0.3) is 11.8 Å². The molecule has 2 aliphatic rings. The summed E-state index contributed by atoms with van der Waals surface area (Å²) in [7, 11) is 0. The number of nitrogens with zero attached hydrogens (tertiary/aromatic N) is 1. The maximum atomic E-state index is 12.7. The number of piperidine rings is 1. The molecule has 0 spiro atoms. The molecule has 1 fully saturated rings. The molecule has 2 N–H and O–H groups in total. The van der Waals surface area contributed by atoms with Gasteiger partial charge in [0.1, 0.15) is 18.4 Å². The molecule has 2 aliphatic heterocycles. The Hall–Kier alpha value is -3.18. The first kappa shape index (κ1) is 18.6. The van der Waals surface area contributed by atoms with E-state index in [0.717, 1.165) is 4.90 Å². The molecular weight excluding hydrogens is 352 g/mol. The largest absolute Gasteiger partial charge is 0.481 e. The van der Waals surface area contributed by atoms with Crippen LogP contribution in [0.2, 0.25) is 0 Å². The van der Waals surface area contributed by atoms with E-state index in [1.165, 1.54) is 12.1 Å². The summed E-state index contributed by atoms with van der Waals surface area (Å²) in [4.78, 5) is 49.4. The van der Waals surface area contributed by atoms with Gasteiger partial charge in [-0.25, -0.2) is 0 Å². The van der Waals surface area contributed by atoms with E-state index >= 15 is 0 Å². The minimum absolute atomic E-state index is 0.0765. The third kappa shape index (κ3) is 3.83. The Morgan fingerprint density at radius 2 is 1.93 bits per heavy atom. The second-order valence-electron chi connectivity index (χ2n) is 6.12. The molecule has 8 nitrogen and oxygen atoms in total. The van der Waals surface area contributed by atoms with E-state index in [2.05, 4.69) is 17.2 Å². The second-order valence-corrected chi connectivity index (χ2v) is 6.12. The van der Waals surface area contributed by atoms with Gasteiger partial charge in [-0.2, -0.15) is 0 Å². The average molecular weight is 370 g/mol. The van der Waals surface area contributed by atoms with Crippen molar-refractivity contribution in [1.82, 2.24) is 10.2 Å². The third-order valence-electron chi connectivity index (χ3n) is 4.31. The normalized spacial score (nSPS) is 18.7. The van der Waals surface area contributed by atoms with E-state index < -0.39 is 29.7 Å². The van der Waals surface area contributed by atoms with Crippen molar-refractivity contribution in [3.05, 3.63) is 29.3 Å². The Labute approximate surface area is 155 Å². The lowest BCUT2D eigenvalue weighted by Gasteiger charge is -2.27. The minimum atomic E-state index is -0.989. The predicted octanol–water partition coefficient (Wildman–Crippen LogP) is 0.243. The van der Waals surface area contributed by atoms with Crippen LogP contribution in [-0.2, 0) is 9.59 Å². The smallest absolute Gasteiger partial charge is 0.262 e. The van der Waals surface area contributed by atoms with E-state index in [1.54, 1.807) is 6.07 Å². The fraction of sp³-hybridized carbons (Fsp3) is 0.368. The number of amides is 4. The maximum Gasteiger partial charge on any atom is 0.262 e. The number of unbranched alkanes of at least 4 members (excludes halogenated alkanes) is 1. The Kier molecular flexibility index (Phi) is 5.52. The summed E-state index contributed by atoms with van der Waals surface area (Å²) >= 11 is 0. The number of carbonyl (C=O) groups is 4. The van der Waals surface area contributed by atoms with Gasteiger partial charge in [0.15, 0.2) is 0 Å². The molecule has 3 rings (SSSR count).